The molecule has 1 atom stereocenters. The van der Waals surface area contributed by atoms with E-state index >= 15 is 0 Å². The molecule has 2 amide bonds. The molecule has 0 aliphatic rings. The number of hydrogen-bond acceptors (Lipinski definition) is 3. The number of anilines is 1. The van der Waals surface area contributed by atoms with E-state index in [1.54, 1.807) is 18.2 Å². The molecule has 0 aliphatic carbocycles. The third kappa shape index (κ3) is 6.05. The molecular formula is C20H22N2O4. The van der Waals surface area contributed by atoms with Crippen LogP contribution in [0.25, 0.3) is 0 Å². The van der Waals surface area contributed by atoms with E-state index in [2.05, 4.69) is 10.6 Å². The van der Waals surface area contributed by atoms with Crippen LogP contribution >= 0.6 is 0 Å². The van der Waals surface area contributed by atoms with Gasteiger partial charge < -0.3 is 15.7 Å². The van der Waals surface area contributed by atoms with Crippen LogP contribution in [0.5, 0.6) is 0 Å². The molecule has 0 aromatic heterocycles. The molecule has 0 saturated heterocycles. The Bertz CT molecular complexity index is 774. The summed E-state index contributed by atoms with van der Waals surface area (Å²) < 4.78 is 0. The third-order valence-electron chi connectivity index (χ3n) is 3.85. The Kier molecular flexibility index (Phi) is 6.91. The average molecular weight is 354 g/mol. The molecule has 0 spiro atoms. The van der Waals surface area contributed by atoms with Crippen molar-refractivity contribution in [3.05, 3.63) is 65.7 Å². The second-order valence-electron chi connectivity index (χ2n) is 6.00. The Hall–Kier alpha value is -3.15. The largest absolute Gasteiger partial charge is 0.480 e. The predicted octanol–water partition coefficient (Wildman–Crippen LogP) is 2.85. The van der Waals surface area contributed by atoms with Gasteiger partial charge >= 0.3 is 5.97 Å². The van der Waals surface area contributed by atoms with E-state index in [0.717, 1.165) is 12.0 Å². The minimum atomic E-state index is -1.07. The maximum Gasteiger partial charge on any atom is 0.326 e. The summed E-state index contributed by atoms with van der Waals surface area (Å²) in [5, 5.41) is 14.5. The molecule has 0 saturated carbocycles. The Balaban J connectivity index is 1.95. The molecule has 2 rings (SSSR count). The SMILES string of the molecule is CC(=O)Nc1cccc(C(=O)N[C@H](CCCc2ccccc2)C(=O)O)c1. The lowest BCUT2D eigenvalue weighted by Gasteiger charge is -2.15. The first-order valence-corrected chi connectivity index (χ1v) is 8.41. The molecule has 6 nitrogen and oxygen atoms in total. The average Bonchev–Trinajstić information content (AvgIpc) is 2.61. The maximum atomic E-state index is 12.3. The van der Waals surface area contributed by atoms with Crippen LogP contribution in [0.15, 0.2) is 54.6 Å². The Morgan fingerprint density at radius 2 is 1.77 bits per heavy atom. The highest BCUT2D eigenvalue weighted by atomic mass is 16.4. The van der Waals surface area contributed by atoms with E-state index in [1.807, 2.05) is 30.3 Å². The summed E-state index contributed by atoms with van der Waals surface area (Å²) in [5.74, 6) is -1.79. The van der Waals surface area contributed by atoms with Crippen molar-refractivity contribution >= 4 is 23.5 Å². The number of hydrogen-bond donors (Lipinski definition) is 3. The zero-order chi connectivity index (χ0) is 18.9. The number of carboxylic acid groups (broad SMARTS) is 1. The van der Waals surface area contributed by atoms with Crippen LogP contribution in [-0.2, 0) is 16.0 Å². The first-order chi connectivity index (χ1) is 12.5. The molecule has 26 heavy (non-hydrogen) atoms. The Labute approximate surface area is 152 Å². The van der Waals surface area contributed by atoms with Crippen molar-refractivity contribution in [3.63, 3.8) is 0 Å². The van der Waals surface area contributed by atoms with Crippen LogP contribution in [0.2, 0.25) is 0 Å². The topological polar surface area (TPSA) is 95.5 Å². The number of carbonyl (C=O) groups excluding carboxylic acids is 2. The Morgan fingerprint density at radius 3 is 2.42 bits per heavy atom. The lowest BCUT2D eigenvalue weighted by molar-refractivity contribution is -0.139. The zero-order valence-electron chi connectivity index (χ0n) is 14.6. The van der Waals surface area contributed by atoms with Crippen LogP contribution in [0.3, 0.4) is 0 Å². The fourth-order valence-corrected chi connectivity index (χ4v) is 2.60. The van der Waals surface area contributed by atoms with E-state index < -0.39 is 17.9 Å². The van der Waals surface area contributed by atoms with Crippen molar-refractivity contribution in [2.45, 2.75) is 32.2 Å². The lowest BCUT2D eigenvalue weighted by Crippen LogP contribution is -2.40. The minimum absolute atomic E-state index is 0.244. The van der Waals surface area contributed by atoms with Gasteiger partial charge in [-0.15, -0.1) is 0 Å². The van der Waals surface area contributed by atoms with Crippen molar-refractivity contribution in [2.75, 3.05) is 5.32 Å². The lowest BCUT2D eigenvalue weighted by atomic mass is 10.0. The van der Waals surface area contributed by atoms with E-state index in [-0.39, 0.29) is 5.91 Å². The number of rotatable bonds is 8. The highest BCUT2D eigenvalue weighted by molar-refractivity contribution is 5.98. The van der Waals surface area contributed by atoms with Gasteiger partial charge in [-0.1, -0.05) is 36.4 Å². The summed E-state index contributed by atoms with van der Waals surface area (Å²) in [7, 11) is 0. The van der Waals surface area contributed by atoms with Gasteiger partial charge in [-0.25, -0.2) is 4.79 Å². The molecular weight excluding hydrogens is 332 g/mol. The normalized spacial score (nSPS) is 11.4. The summed E-state index contributed by atoms with van der Waals surface area (Å²) in [6.45, 7) is 1.37. The summed E-state index contributed by atoms with van der Waals surface area (Å²) in [5.41, 5.74) is 1.91. The van der Waals surface area contributed by atoms with Gasteiger partial charge in [0.25, 0.3) is 5.91 Å². The summed E-state index contributed by atoms with van der Waals surface area (Å²) in [6, 6.07) is 15.2. The molecule has 136 valence electrons. The third-order valence-corrected chi connectivity index (χ3v) is 3.85. The molecule has 0 bridgehead atoms. The van der Waals surface area contributed by atoms with E-state index in [0.29, 0.717) is 24.1 Å². The summed E-state index contributed by atoms with van der Waals surface area (Å²) in [4.78, 5) is 34.9. The molecule has 0 fully saturated rings. The standard InChI is InChI=1S/C20H22N2O4/c1-14(23)21-17-11-6-10-16(13-17)19(24)22-18(20(25)26)12-5-9-15-7-3-2-4-8-15/h2-4,6-8,10-11,13,18H,5,9,12H2,1H3,(H,21,23)(H,22,24)(H,25,26)/t18-/m1/s1. The zero-order valence-corrected chi connectivity index (χ0v) is 14.6. The van der Waals surface area contributed by atoms with Gasteiger partial charge in [0.1, 0.15) is 6.04 Å². The molecule has 0 heterocycles. The van der Waals surface area contributed by atoms with Gasteiger partial charge in [-0.05, 0) is 43.0 Å². The molecule has 0 aliphatic heterocycles. The predicted molar refractivity (Wildman–Crippen MR) is 99.0 cm³/mol. The fourth-order valence-electron chi connectivity index (χ4n) is 2.60. The number of nitrogens with one attached hydrogen (secondary N) is 2. The molecule has 3 N–H and O–H groups in total. The van der Waals surface area contributed by atoms with Crippen molar-refractivity contribution in [1.82, 2.24) is 5.32 Å². The number of carboxylic acids is 1. The van der Waals surface area contributed by atoms with Gasteiger partial charge in [-0.3, -0.25) is 9.59 Å². The van der Waals surface area contributed by atoms with E-state index in [9.17, 15) is 19.5 Å². The number of aliphatic carboxylic acids is 1. The molecule has 0 unspecified atom stereocenters. The maximum absolute atomic E-state index is 12.3. The number of aryl methyl sites for hydroxylation is 1. The monoisotopic (exact) mass is 354 g/mol. The van der Waals surface area contributed by atoms with Gasteiger partial charge in [-0.2, -0.15) is 0 Å². The molecule has 0 radical (unpaired) electrons. The molecule has 6 heteroatoms. The smallest absolute Gasteiger partial charge is 0.326 e. The highest BCUT2D eigenvalue weighted by Gasteiger charge is 2.20. The molecule has 2 aromatic carbocycles. The van der Waals surface area contributed by atoms with Crippen LogP contribution in [-0.4, -0.2) is 28.9 Å². The summed E-state index contributed by atoms with van der Waals surface area (Å²) in [6.07, 6.45) is 1.73. The van der Waals surface area contributed by atoms with E-state index in [1.165, 1.54) is 13.0 Å². The van der Waals surface area contributed by atoms with Crippen LogP contribution in [0.1, 0.15) is 35.7 Å². The Morgan fingerprint density at radius 1 is 1.04 bits per heavy atom. The highest BCUT2D eigenvalue weighted by Crippen LogP contribution is 2.12. The van der Waals surface area contributed by atoms with Crippen molar-refractivity contribution in [3.8, 4) is 0 Å². The van der Waals surface area contributed by atoms with Crippen LogP contribution in [0.4, 0.5) is 5.69 Å². The van der Waals surface area contributed by atoms with Crippen molar-refractivity contribution in [2.24, 2.45) is 0 Å². The first kappa shape index (κ1) is 19.2. The van der Waals surface area contributed by atoms with Gasteiger partial charge in [0.05, 0.1) is 0 Å². The van der Waals surface area contributed by atoms with Crippen molar-refractivity contribution in [1.29, 1.82) is 0 Å². The second kappa shape index (κ2) is 9.36. The van der Waals surface area contributed by atoms with Crippen molar-refractivity contribution < 1.29 is 19.5 Å². The second-order valence-corrected chi connectivity index (χ2v) is 6.00. The van der Waals surface area contributed by atoms with Gasteiger partial charge in [0, 0.05) is 18.2 Å². The van der Waals surface area contributed by atoms with E-state index in [4.69, 9.17) is 0 Å². The summed E-state index contributed by atoms with van der Waals surface area (Å²) >= 11 is 0. The number of benzene rings is 2. The number of amides is 2. The number of carbonyl (C=O) groups is 3. The quantitative estimate of drug-likeness (QED) is 0.679. The van der Waals surface area contributed by atoms with Gasteiger partial charge in [0.15, 0.2) is 0 Å². The molecule has 2 aromatic rings. The first-order valence-electron chi connectivity index (χ1n) is 8.41. The minimum Gasteiger partial charge on any atom is -0.480 e. The van der Waals surface area contributed by atoms with Crippen LogP contribution in [0, 0.1) is 0 Å². The fraction of sp³-hybridized carbons (Fsp3) is 0.250. The van der Waals surface area contributed by atoms with Gasteiger partial charge in [0.2, 0.25) is 5.91 Å². The van der Waals surface area contributed by atoms with Crippen LogP contribution < -0.4 is 10.6 Å².